The van der Waals surface area contributed by atoms with Crippen molar-refractivity contribution in [3.05, 3.63) is 24.8 Å². The second kappa shape index (κ2) is 5.01. The van der Waals surface area contributed by atoms with E-state index in [4.69, 9.17) is 0 Å². The molecular formula is C9H11N7O. The van der Waals surface area contributed by atoms with E-state index >= 15 is 0 Å². The number of aromatic nitrogens is 5. The number of aromatic amines is 1. The largest absolute Gasteiger partial charge is 0.335 e. The van der Waals surface area contributed by atoms with Crippen LogP contribution in [-0.4, -0.2) is 44.6 Å². The van der Waals surface area contributed by atoms with Crippen LogP contribution >= 0.6 is 0 Å². The quantitative estimate of drug-likeness (QED) is 0.750. The zero-order chi connectivity index (χ0) is 12.1. The lowest BCUT2D eigenvalue weighted by molar-refractivity contribution is -0.115. The molecule has 0 bridgehead atoms. The van der Waals surface area contributed by atoms with Gasteiger partial charge in [-0.3, -0.25) is 10.1 Å². The Morgan fingerprint density at radius 3 is 2.82 bits per heavy atom. The van der Waals surface area contributed by atoms with Crippen LogP contribution in [0.4, 0.5) is 11.9 Å². The predicted octanol–water partition coefficient (Wildman–Crippen LogP) is -0.330. The molecule has 0 aliphatic heterocycles. The number of carbonyl (C=O) groups excluding carboxylic acids is 1. The highest BCUT2D eigenvalue weighted by molar-refractivity contribution is 5.92. The van der Waals surface area contributed by atoms with E-state index < -0.39 is 0 Å². The van der Waals surface area contributed by atoms with Crippen LogP contribution in [-0.2, 0) is 4.79 Å². The van der Waals surface area contributed by atoms with Gasteiger partial charge in [-0.25, -0.2) is 15.1 Å². The maximum absolute atomic E-state index is 11.6. The van der Waals surface area contributed by atoms with E-state index in [1.54, 1.807) is 30.4 Å². The van der Waals surface area contributed by atoms with Gasteiger partial charge in [0.25, 0.3) is 0 Å². The first-order valence-corrected chi connectivity index (χ1v) is 4.89. The molecule has 2 heterocycles. The molecule has 0 atom stereocenters. The Kier molecular flexibility index (Phi) is 3.24. The SMILES string of the molecule is CN(CC(=O)Nc1ncn[nH]1)c1ncccn1. The lowest BCUT2D eigenvalue weighted by atomic mass is 10.5. The van der Waals surface area contributed by atoms with Gasteiger partial charge < -0.3 is 4.90 Å². The molecule has 88 valence electrons. The van der Waals surface area contributed by atoms with Gasteiger partial charge in [0.05, 0.1) is 6.54 Å². The van der Waals surface area contributed by atoms with Gasteiger partial charge in [-0.15, -0.1) is 0 Å². The summed E-state index contributed by atoms with van der Waals surface area (Å²) in [4.78, 5) is 25.1. The first-order valence-electron chi connectivity index (χ1n) is 4.89. The summed E-state index contributed by atoms with van der Waals surface area (Å²) in [6.45, 7) is 0.130. The van der Waals surface area contributed by atoms with Crippen LogP contribution in [0.1, 0.15) is 0 Å². The number of carbonyl (C=O) groups is 1. The molecule has 0 saturated heterocycles. The third-order valence-electron chi connectivity index (χ3n) is 1.95. The monoisotopic (exact) mass is 233 g/mol. The molecule has 2 aromatic heterocycles. The lowest BCUT2D eigenvalue weighted by Crippen LogP contribution is -2.31. The van der Waals surface area contributed by atoms with Crippen molar-refractivity contribution in [2.75, 3.05) is 23.8 Å². The Morgan fingerprint density at radius 2 is 2.18 bits per heavy atom. The van der Waals surface area contributed by atoms with Crippen molar-refractivity contribution in [2.24, 2.45) is 0 Å². The molecule has 0 unspecified atom stereocenters. The van der Waals surface area contributed by atoms with Gasteiger partial charge in [-0.05, 0) is 6.07 Å². The summed E-state index contributed by atoms with van der Waals surface area (Å²) in [5.41, 5.74) is 0. The second-order valence-electron chi connectivity index (χ2n) is 3.29. The van der Waals surface area contributed by atoms with Gasteiger partial charge in [-0.1, -0.05) is 0 Å². The average molecular weight is 233 g/mol. The molecule has 0 aliphatic carbocycles. The van der Waals surface area contributed by atoms with Gasteiger partial charge in [0.15, 0.2) is 0 Å². The summed E-state index contributed by atoms with van der Waals surface area (Å²) in [7, 11) is 1.73. The van der Waals surface area contributed by atoms with Crippen molar-refractivity contribution in [3.8, 4) is 0 Å². The van der Waals surface area contributed by atoms with E-state index in [0.717, 1.165) is 0 Å². The van der Waals surface area contributed by atoms with Crippen LogP contribution < -0.4 is 10.2 Å². The van der Waals surface area contributed by atoms with Crippen molar-refractivity contribution in [1.82, 2.24) is 25.1 Å². The highest BCUT2D eigenvalue weighted by Crippen LogP contribution is 2.01. The summed E-state index contributed by atoms with van der Waals surface area (Å²) in [6.07, 6.45) is 4.56. The Morgan fingerprint density at radius 1 is 1.41 bits per heavy atom. The van der Waals surface area contributed by atoms with Crippen LogP contribution in [0.25, 0.3) is 0 Å². The molecule has 0 radical (unpaired) electrons. The molecular weight excluding hydrogens is 222 g/mol. The standard InChI is InChI=1S/C9H11N7O/c1-16(9-10-3-2-4-11-9)5-7(17)14-8-12-6-13-15-8/h2-4,6H,5H2,1H3,(H2,12,13,14,15,17). The van der Waals surface area contributed by atoms with Crippen LogP contribution in [0, 0.1) is 0 Å². The van der Waals surface area contributed by atoms with Crippen molar-refractivity contribution in [3.63, 3.8) is 0 Å². The fourth-order valence-corrected chi connectivity index (χ4v) is 1.21. The topological polar surface area (TPSA) is 99.7 Å². The minimum absolute atomic E-state index is 0.130. The van der Waals surface area contributed by atoms with Crippen LogP contribution in [0.3, 0.4) is 0 Å². The third-order valence-corrected chi connectivity index (χ3v) is 1.95. The van der Waals surface area contributed by atoms with Gasteiger partial charge in [0.1, 0.15) is 6.33 Å². The van der Waals surface area contributed by atoms with E-state index in [9.17, 15) is 4.79 Å². The molecule has 0 aromatic carbocycles. The van der Waals surface area contributed by atoms with Gasteiger partial charge in [0, 0.05) is 19.4 Å². The second-order valence-corrected chi connectivity index (χ2v) is 3.29. The molecule has 0 aliphatic rings. The van der Waals surface area contributed by atoms with Crippen LogP contribution in [0.15, 0.2) is 24.8 Å². The third kappa shape index (κ3) is 2.97. The Hall–Kier alpha value is -2.51. The van der Waals surface area contributed by atoms with Gasteiger partial charge in [-0.2, -0.15) is 10.1 Å². The Bertz CT molecular complexity index is 469. The number of nitrogens with one attached hydrogen (secondary N) is 2. The Balaban J connectivity index is 1.91. The number of hydrogen-bond donors (Lipinski definition) is 2. The molecule has 2 rings (SSSR count). The van der Waals surface area contributed by atoms with E-state index in [0.29, 0.717) is 11.9 Å². The predicted molar refractivity (Wildman–Crippen MR) is 60.3 cm³/mol. The summed E-state index contributed by atoms with van der Waals surface area (Å²) in [6, 6.07) is 1.71. The maximum atomic E-state index is 11.6. The van der Waals surface area contributed by atoms with Crippen molar-refractivity contribution in [1.29, 1.82) is 0 Å². The molecule has 0 spiro atoms. The molecule has 8 heteroatoms. The summed E-state index contributed by atoms with van der Waals surface area (Å²) in [5.74, 6) is 0.578. The smallest absolute Gasteiger partial charge is 0.246 e. The number of amides is 1. The number of nitrogens with zero attached hydrogens (tertiary/aromatic N) is 5. The Labute approximate surface area is 97.1 Å². The van der Waals surface area contributed by atoms with E-state index in [1.165, 1.54) is 6.33 Å². The van der Waals surface area contributed by atoms with E-state index in [1.807, 2.05) is 0 Å². The molecule has 8 nitrogen and oxygen atoms in total. The zero-order valence-corrected chi connectivity index (χ0v) is 9.16. The first kappa shape index (κ1) is 11.0. The van der Waals surface area contributed by atoms with Crippen LogP contribution in [0.2, 0.25) is 0 Å². The first-order chi connectivity index (χ1) is 8.25. The number of rotatable bonds is 4. The number of hydrogen-bond acceptors (Lipinski definition) is 6. The van der Waals surface area contributed by atoms with Crippen molar-refractivity contribution >= 4 is 17.8 Å². The fourth-order valence-electron chi connectivity index (χ4n) is 1.21. The highest BCUT2D eigenvalue weighted by atomic mass is 16.2. The van der Waals surface area contributed by atoms with Gasteiger partial charge in [0.2, 0.25) is 17.8 Å². The fraction of sp³-hybridized carbons (Fsp3) is 0.222. The summed E-state index contributed by atoms with van der Waals surface area (Å²) >= 11 is 0. The lowest BCUT2D eigenvalue weighted by Gasteiger charge is -2.15. The maximum Gasteiger partial charge on any atom is 0.246 e. The molecule has 0 saturated carbocycles. The van der Waals surface area contributed by atoms with E-state index in [2.05, 4.69) is 30.5 Å². The highest BCUT2D eigenvalue weighted by Gasteiger charge is 2.10. The molecule has 2 N–H and O–H groups in total. The van der Waals surface area contributed by atoms with Gasteiger partial charge >= 0.3 is 0 Å². The number of H-pyrrole nitrogens is 1. The molecule has 0 fully saturated rings. The number of likely N-dealkylation sites (N-methyl/N-ethyl adjacent to an activating group) is 1. The van der Waals surface area contributed by atoms with Crippen LogP contribution in [0.5, 0.6) is 0 Å². The molecule has 17 heavy (non-hydrogen) atoms. The molecule has 1 amide bonds. The normalized spacial score (nSPS) is 9.94. The number of anilines is 2. The summed E-state index contributed by atoms with van der Waals surface area (Å²) < 4.78 is 0. The minimum Gasteiger partial charge on any atom is -0.335 e. The van der Waals surface area contributed by atoms with Crippen molar-refractivity contribution in [2.45, 2.75) is 0 Å². The van der Waals surface area contributed by atoms with Crippen molar-refractivity contribution < 1.29 is 4.79 Å². The average Bonchev–Trinajstić information content (AvgIpc) is 2.82. The molecule has 2 aromatic rings. The van der Waals surface area contributed by atoms with E-state index in [-0.39, 0.29) is 12.5 Å². The summed E-state index contributed by atoms with van der Waals surface area (Å²) in [5, 5.41) is 8.72. The minimum atomic E-state index is -0.225. The zero-order valence-electron chi connectivity index (χ0n) is 9.16.